The smallest absolute Gasteiger partial charge is 0.0449 e. The van der Waals surface area contributed by atoms with Gasteiger partial charge in [-0.2, -0.15) is 0 Å². The summed E-state index contributed by atoms with van der Waals surface area (Å²) in [6, 6.07) is 27.8. The molecule has 0 aliphatic heterocycles. The highest BCUT2D eigenvalue weighted by molar-refractivity contribution is 7.25. The Morgan fingerprint density at radius 1 is 0.474 bits per heavy atom. The van der Waals surface area contributed by atoms with Gasteiger partial charge in [0, 0.05) is 19.5 Å². The van der Waals surface area contributed by atoms with Gasteiger partial charge in [-0.3, -0.25) is 0 Å². The van der Waals surface area contributed by atoms with Gasteiger partial charge in [0.25, 0.3) is 0 Å². The fraction of sp³-hybridized carbons (Fsp3) is 0.444. The van der Waals surface area contributed by atoms with Crippen molar-refractivity contribution < 1.29 is 0 Å². The molecule has 202 valence electrons. The third kappa shape index (κ3) is 8.42. The predicted molar refractivity (Wildman–Crippen MR) is 173 cm³/mol. The summed E-state index contributed by atoms with van der Waals surface area (Å²) < 4.78 is 0. The largest absolute Gasteiger partial charge is 0.134 e. The highest BCUT2D eigenvalue weighted by Crippen LogP contribution is 2.40. The zero-order chi connectivity index (χ0) is 26.7. The molecule has 2 heteroatoms. The van der Waals surface area contributed by atoms with Crippen molar-refractivity contribution in [3.8, 4) is 30.6 Å². The Labute approximate surface area is 240 Å². The van der Waals surface area contributed by atoms with Crippen LogP contribution in [0.25, 0.3) is 30.6 Å². The molecule has 2 heterocycles. The molecule has 2 aromatic carbocycles. The third-order valence-corrected chi connectivity index (χ3v) is 10.2. The van der Waals surface area contributed by atoms with E-state index in [1.165, 1.54) is 106 Å². The van der Waals surface area contributed by atoms with Crippen LogP contribution in [0.1, 0.15) is 90.2 Å². The molecular weight excluding hydrogens is 497 g/mol. The van der Waals surface area contributed by atoms with E-state index in [0.717, 1.165) is 11.8 Å². The van der Waals surface area contributed by atoms with Gasteiger partial charge in [-0.25, -0.2) is 0 Å². The average molecular weight is 543 g/mol. The van der Waals surface area contributed by atoms with Crippen LogP contribution in [-0.4, -0.2) is 0 Å². The van der Waals surface area contributed by atoms with Gasteiger partial charge in [0.1, 0.15) is 0 Å². The summed E-state index contributed by atoms with van der Waals surface area (Å²) in [4.78, 5) is 5.44. The second kappa shape index (κ2) is 14.8. The van der Waals surface area contributed by atoms with Gasteiger partial charge in [-0.1, -0.05) is 128 Å². The van der Waals surface area contributed by atoms with Gasteiger partial charge in [0.2, 0.25) is 0 Å². The Kier molecular flexibility index (Phi) is 11.3. The second-order valence-corrected chi connectivity index (χ2v) is 13.5. The van der Waals surface area contributed by atoms with Crippen LogP contribution in [0, 0.1) is 11.8 Å². The van der Waals surface area contributed by atoms with E-state index in [1.807, 2.05) is 22.7 Å². The van der Waals surface area contributed by atoms with Gasteiger partial charge in [0.15, 0.2) is 0 Å². The average Bonchev–Trinajstić information content (AvgIpc) is 3.60. The fourth-order valence-corrected chi connectivity index (χ4v) is 7.47. The van der Waals surface area contributed by atoms with Crippen LogP contribution in [0.3, 0.4) is 0 Å². The quantitative estimate of drug-likeness (QED) is 0.131. The molecule has 0 spiro atoms. The van der Waals surface area contributed by atoms with E-state index < -0.39 is 0 Å². The summed E-state index contributed by atoms with van der Waals surface area (Å²) in [5, 5.41) is 0. The van der Waals surface area contributed by atoms with Crippen LogP contribution in [-0.2, 0) is 12.8 Å². The molecule has 2 atom stereocenters. The zero-order valence-corrected chi connectivity index (χ0v) is 25.6. The first-order valence-corrected chi connectivity index (χ1v) is 16.6. The zero-order valence-electron chi connectivity index (χ0n) is 24.0. The third-order valence-electron chi connectivity index (χ3n) is 7.70. The van der Waals surface area contributed by atoms with Gasteiger partial charge in [-0.15, -0.1) is 22.7 Å². The highest BCUT2D eigenvalue weighted by atomic mass is 32.1. The molecule has 4 aromatic rings. The summed E-state index contributed by atoms with van der Waals surface area (Å²) in [5.74, 6) is 1.54. The maximum Gasteiger partial charge on any atom is 0.0449 e. The Morgan fingerprint density at radius 2 is 0.842 bits per heavy atom. The van der Waals surface area contributed by atoms with Gasteiger partial charge in [-0.05, 0) is 71.2 Å². The molecule has 0 bridgehead atoms. The summed E-state index contributed by atoms with van der Waals surface area (Å²) >= 11 is 3.82. The van der Waals surface area contributed by atoms with E-state index in [0.29, 0.717) is 0 Å². The summed E-state index contributed by atoms with van der Waals surface area (Å²) in [7, 11) is 0. The Morgan fingerprint density at radius 3 is 1.21 bits per heavy atom. The molecule has 0 nitrogen and oxygen atoms in total. The maximum absolute atomic E-state index is 2.40. The summed E-state index contributed by atoms with van der Waals surface area (Å²) in [5.41, 5.74) is 5.60. The predicted octanol–water partition coefficient (Wildman–Crippen LogP) is 12.3. The first kappa shape index (κ1) is 28.8. The molecule has 2 unspecified atom stereocenters. The maximum atomic E-state index is 2.40. The minimum Gasteiger partial charge on any atom is -0.134 e. The molecule has 0 aliphatic rings. The van der Waals surface area contributed by atoms with Crippen LogP contribution in [0.15, 0.2) is 72.8 Å². The van der Waals surface area contributed by atoms with Crippen LogP contribution >= 0.6 is 22.7 Å². The van der Waals surface area contributed by atoms with Crippen LogP contribution in [0.5, 0.6) is 0 Å². The minimum atomic E-state index is 0.768. The lowest BCUT2D eigenvalue weighted by Gasteiger charge is -2.11. The number of benzene rings is 2. The first-order valence-electron chi connectivity index (χ1n) is 14.9. The summed E-state index contributed by atoms with van der Waals surface area (Å²) in [6.07, 6.45) is 13.1. The second-order valence-electron chi connectivity index (χ2n) is 11.3. The van der Waals surface area contributed by atoms with Crippen molar-refractivity contribution in [1.29, 1.82) is 0 Å². The molecule has 0 aliphatic carbocycles. The lowest BCUT2D eigenvalue weighted by molar-refractivity contribution is 0.493. The molecule has 0 saturated heterocycles. The van der Waals surface area contributed by atoms with Gasteiger partial charge in [0.05, 0.1) is 0 Å². The topological polar surface area (TPSA) is 0 Å². The van der Waals surface area contributed by atoms with E-state index in [9.17, 15) is 0 Å². The Bertz CT molecular complexity index is 1110. The van der Waals surface area contributed by atoms with Crippen molar-refractivity contribution in [3.05, 3.63) is 83.9 Å². The van der Waals surface area contributed by atoms with Gasteiger partial charge >= 0.3 is 0 Å². The molecule has 38 heavy (non-hydrogen) atoms. The van der Waals surface area contributed by atoms with Gasteiger partial charge < -0.3 is 0 Å². The van der Waals surface area contributed by atoms with E-state index >= 15 is 0 Å². The van der Waals surface area contributed by atoms with Crippen molar-refractivity contribution >= 4 is 22.7 Å². The number of thiophene rings is 2. The fourth-order valence-electron chi connectivity index (χ4n) is 5.36. The lowest BCUT2D eigenvalue weighted by atomic mass is 9.95. The molecular formula is C36H46S2. The van der Waals surface area contributed by atoms with E-state index in [1.54, 1.807) is 0 Å². The number of hydrogen-bond acceptors (Lipinski definition) is 2. The first-order chi connectivity index (χ1) is 18.6. The monoisotopic (exact) mass is 542 g/mol. The van der Waals surface area contributed by atoms with Crippen molar-refractivity contribution in [2.45, 2.75) is 91.9 Å². The number of rotatable bonds is 15. The Balaban J connectivity index is 1.35. The van der Waals surface area contributed by atoms with Crippen LogP contribution in [0.4, 0.5) is 0 Å². The van der Waals surface area contributed by atoms with E-state index in [4.69, 9.17) is 0 Å². The minimum absolute atomic E-state index is 0.768. The van der Waals surface area contributed by atoms with E-state index in [2.05, 4.69) is 100 Å². The number of hydrogen-bond donors (Lipinski definition) is 0. The summed E-state index contributed by atoms with van der Waals surface area (Å²) in [6.45, 7) is 9.36. The molecule has 0 radical (unpaired) electrons. The lowest BCUT2D eigenvalue weighted by Crippen LogP contribution is -1.99. The van der Waals surface area contributed by atoms with E-state index in [-0.39, 0.29) is 0 Å². The standard InChI is InChI=1S/C36H46S2/c1-5-7-9-11-27(3)25-29-13-17-31(18-14-29)33-21-23-35(37-33)36-24-22-34(38-36)32-19-15-30(16-20-32)26-28(4)12-10-8-6-2/h13-24,27-28H,5-12,25-26H2,1-4H3. The van der Waals surface area contributed by atoms with Crippen molar-refractivity contribution in [1.82, 2.24) is 0 Å². The molecule has 0 N–H and O–H groups in total. The van der Waals surface area contributed by atoms with Crippen molar-refractivity contribution in [3.63, 3.8) is 0 Å². The highest BCUT2D eigenvalue weighted by Gasteiger charge is 2.11. The molecule has 4 rings (SSSR count). The van der Waals surface area contributed by atoms with Crippen molar-refractivity contribution in [2.75, 3.05) is 0 Å². The Hall–Kier alpha value is -2.16. The molecule has 0 saturated carbocycles. The van der Waals surface area contributed by atoms with Crippen LogP contribution < -0.4 is 0 Å². The molecule has 2 aromatic heterocycles. The SMILES string of the molecule is CCCCCC(C)Cc1ccc(-c2ccc(-c3ccc(-c4ccc(CC(C)CCCCC)cc4)s3)s2)cc1. The number of unbranched alkanes of at least 4 members (excludes halogenated alkanes) is 4. The molecule has 0 fully saturated rings. The van der Waals surface area contributed by atoms with Crippen molar-refractivity contribution in [2.24, 2.45) is 11.8 Å². The molecule has 0 amide bonds. The van der Waals surface area contributed by atoms with Crippen LogP contribution in [0.2, 0.25) is 0 Å². The normalized spacial score (nSPS) is 13.1.